The first-order valence-electron chi connectivity index (χ1n) is 12.5. The average molecular weight is 465 g/mol. The van der Waals surface area contributed by atoms with E-state index < -0.39 is 0 Å². The fraction of sp³-hybridized carbons (Fsp3) is 0.519. The van der Waals surface area contributed by atoms with Crippen LogP contribution in [-0.4, -0.2) is 64.9 Å². The van der Waals surface area contributed by atoms with Crippen LogP contribution >= 0.6 is 0 Å². The van der Waals surface area contributed by atoms with Crippen LogP contribution in [0.3, 0.4) is 0 Å². The minimum absolute atomic E-state index is 0.0672. The van der Waals surface area contributed by atoms with E-state index in [1.165, 1.54) is 5.56 Å². The Balaban J connectivity index is 1.18. The normalized spacial score (nSPS) is 18.1. The lowest BCUT2D eigenvalue weighted by atomic mass is 9.93. The number of nitrogens with one attached hydrogen (secondary N) is 1. The van der Waals surface area contributed by atoms with Gasteiger partial charge in [0.25, 0.3) is 5.91 Å². The third kappa shape index (κ3) is 6.56. The number of aromatic nitrogens is 1. The molecule has 34 heavy (non-hydrogen) atoms. The van der Waals surface area contributed by atoms with Crippen LogP contribution in [0.1, 0.15) is 55.5 Å². The molecule has 2 saturated heterocycles. The summed E-state index contributed by atoms with van der Waals surface area (Å²) in [6, 6.07) is 11.5. The van der Waals surface area contributed by atoms with Crippen molar-refractivity contribution in [2.75, 3.05) is 26.2 Å². The van der Waals surface area contributed by atoms with Gasteiger partial charge in [0, 0.05) is 49.6 Å². The number of carbonyl (C=O) groups is 2. The van der Waals surface area contributed by atoms with E-state index in [1.54, 1.807) is 12.1 Å². The Morgan fingerprint density at radius 2 is 1.62 bits per heavy atom. The molecule has 2 fully saturated rings. The van der Waals surface area contributed by atoms with Crippen LogP contribution in [0.4, 0.5) is 0 Å². The monoisotopic (exact) mass is 464 g/mol. The van der Waals surface area contributed by atoms with Crippen LogP contribution in [0.25, 0.3) is 0 Å². The predicted octanol–water partition coefficient (Wildman–Crippen LogP) is 3.50. The quantitative estimate of drug-likeness (QED) is 0.679. The topological polar surface area (TPSA) is 74.8 Å². The second-order valence-electron chi connectivity index (χ2n) is 9.67. The molecule has 3 heterocycles. The summed E-state index contributed by atoms with van der Waals surface area (Å²) < 4.78 is 5.64. The molecule has 0 aliphatic carbocycles. The number of ether oxygens (including phenoxy) is 1. The van der Waals surface area contributed by atoms with Gasteiger partial charge in [-0.1, -0.05) is 0 Å². The van der Waals surface area contributed by atoms with Crippen LogP contribution in [0.2, 0.25) is 0 Å². The second-order valence-corrected chi connectivity index (χ2v) is 9.67. The smallest absolute Gasteiger partial charge is 0.251 e. The van der Waals surface area contributed by atoms with E-state index >= 15 is 0 Å². The summed E-state index contributed by atoms with van der Waals surface area (Å²) in [5.74, 6) is 1.10. The summed E-state index contributed by atoms with van der Waals surface area (Å²) in [6.45, 7) is 8.19. The first kappa shape index (κ1) is 24.2. The molecule has 1 N–H and O–H groups in total. The van der Waals surface area contributed by atoms with E-state index in [0.29, 0.717) is 18.7 Å². The number of benzene rings is 1. The molecule has 7 nitrogen and oxygen atoms in total. The highest BCUT2D eigenvalue weighted by molar-refractivity contribution is 5.94. The van der Waals surface area contributed by atoms with Crippen molar-refractivity contribution < 1.29 is 14.3 Å². The van der Waals surface area contributed by atoms with Gasteiger partial charge < -0.3 is 15.0 Å². The van der Waals surface area contributed by atoms with Crippen molar-refractivity contribution in [3.05, 3.63) is 59.9 Å². The van der Waals surface area contributed by atoms with Crippen molar-refractivity contribution in [3.8, 4) is 5.75 Å². The number of hydrogen-bond acceptors (Lipinski definition) is 5. The number of nitrogens with zero attached hydrogens (tertiary/aromatic N) is 3. The van der Waals surface area contributed by atoms with E-state index in [1.807, 2.05) is 43.3 Å². The molecule has 2 aromatic rings. The Morgan fingerprint density at radius 1 is 0.971 bits per heavy atom. The van der Waals surface area contributed by atoms with E-state index in [-0.39, 0.29) is 29.9 Å². The van der Waals surface area contributed by atoms with Gasteiger partial charge in [-0.3, -0.25) is 19.5 Å². The molecular formula is C27H36N4O3. The number of pyridine rings is 1. The van der Waals surface area contributed by atoms with E-state index in [2.05, 4.69) is 27.3 Å². The van der Waals surface area contributed by atoms with Gasteiger partial charge in [0.1, 0.15) is 5.75 Å². The predicted molar refractivity (Wildman–Crippen MR) is 132 cm³/mol. The average Bonchev–Trinajstić information content (AvgIpc) is 2.85. The first-order chi connectivity index (χ1) is 16.5. The van der Waals surface area contributed by atoms with Crippen LogP contribution in [-0.2, 0) is 11.3 Å². The van der Waals surface area contributed by atoms with Crippen molar-refractivity contribution >= 4 is 11.8 Å². The lowest BCUT2D eigenvalue weighted by molar-refractivity contribution is -0.138. The van der Waals surface area contributed by atoms with Crippen molar-refractivity contribution in [2.24, 2.45) is 5.92 Å². The van der Waals surface area contributed by atoms with Crippen LogP contribution in [0, 0.1) is 5.92 Å². The van der Waals surface area contributed by atoms with Crippen LogP contribution in [0.5, 0.6) is 5.75 Å². The fourth-order valence-electron chi connectivity index (χ4n) is 4.81. The largest absolute Gasteiger partial charge is 0.491 e. The maximum Gasteiger partial charge on any atom is 0.251 e. The lowest BCUT2D eigenvalue weighted by Crippen LogP contribution is -2.49. The van der Waals surface area contributed by atoms with Gasteiger partial charge in [0.15, 0.2) is 0 Å². The van der Waals surface area contributed by atoms with E-state index in [9.17, 15) is 9.59 Å². The highest BCUT2D eigenvalue weighted by Gasteiger charge is 2.31. The van der Waals surface area contributed by atoms with E-state index in [4.69, 9.17) is 4.74 Å². The second kappa shape index (κ2) is 11.5. The molecule has 2 amide bonds. The molecule has 0 saturated carbocycles. The highest BCUT2D eigenvalue weighted by atomic mass is 16.5. The maximum atomic E-state index is 13.1. The van der Waals surface area contributed by atoms with Gasteiger partial charge in [-0.05, 0) is 94.6 Å². The zero-order chi connectivity index (χ0) is 23.9. The molecule has 2 aliphatic rings. The number of likely N-dealkylation sites (tertiary alicyclic amines) is 2. The Kier molecular flexibility index (Phi) is 8.16. The van der Waals surface area contributed by atoms with E-state index in [0.717, 1.165) is 51.1 Å². The van der Waals surface area contributed by atoms with Crippen molar-refractivity contribution in [2.45, 2.75) is 58.2 Å². The van der Waals surface area contributed by atoms with Gasteiger partial charge in [-0.2, -0.15) is 0 Å². The molecule has 0 radical (unpaired) electrons. The van der Waals surface area contributed by atoms with Gasteiger partial charge in [0.2, 0.25) is 5.91 Å². The fourth-order valence-corrected chi connectivity index (χ4v) is 4.81. The molecule has 2 aliphatic heterocycles. The lowest BCUT2D eigenvalue weighted by Gasteiger charge is -2.37. The van der Waals surface area contributed by atoms with Gasteiger partial charge in [-0.15, -0.1) is 0 Å². The van der Waals surface area contributed by atoms with Crippen molar-refractivity contribution in [1.29, 1.82) is 0 Å². The van der Waals surface area contributed by atoms with Gasteiger partial charge in [0.05, 0.1) is 6.10 Å². The molecule has 0 atom stereocenters. The molecule has 0 spiro atoms. The Morgan fingerprint density at radius 3 is 2.24 bits per heavy atom. The Hall–Kier alpha value is -2.93. The number of carbonyl (C=O) groups excluding carboxylic acids is 2. The number of rotatable bonds is 7. The number of piperidine rings is 2. The maximum absolute atomic E-state index is 13.1. The molecular weight excluding hydrogens is 428 g/mol. The molecule has 7 heteroatoms. The minimum atomic E-state index is -0.0672. The summed E-state index contributed by atoms with van der Waals surface area (Å²) in [5, 5.41) is 3.13. The minimum Gasteiger partial charge on any atom is -0.491 e. The summed E-state index contributed by atoms with van der Waals surface area (Å²) in [7, 11) is 0. The zero-order valence-corrected chi connectivity index (χ0v) is 20.3. The molecule has 0 unspecified atom stereocenters. The van der Waals surface area contributed by atoms with Crippen molar-refractivity contribution in [3.63, 3.8) is 0 Å². The van der Waals surface area contributed by atoms with Crippen LogP contribution < -0.4 is 10.1 Å². The summed E-state index contributed by atoms with van der Waals surface area (Å²) in [6.07, 6.45) is 7.19. The molecule has 1 aromatic carbocycles. The highest BCUT2D eigenvalue weighted by Crippen LogP contribution is 2.23. The summed E-state index contributed by atoms with van der Waals surface area (Å²) in [5.41, 5.74) is 1.90. The Bertz CT molecular complexity index is 932. The molecule has 4 rings (SSSR count). The molecule has 1 aromatic heterocycles. The molecule has 0 bridgehead atoms. The van der Waals surface area contributed by atoms with Gasteiger partial charge >= 0.3 is 0 Å². The van der Waals surface area contributed by atoms with Crippen molar-refractivity contribution in [1.82, 2.24) is 20.1 Å². The number of hydrogen-bond donors (Lipinski definition) is 1. The Labute approximate surface area is 202 Å². The van der Waals surface area contributed by atoms with Crippen LogP contribution in [0.15, 0.2) is 48.8 Å². The number of amides is 2. The molecule has 182 valence electrons. The third-order valence-electron chi connectivity index (χ3n) is 6.72. The third-order valence-corrected chi connectivity index (χ3v) is 6.72. The SMILES string of the molecule is CC(C)Oc1ccc(C(=O)NC2CCN(C(=O)C3CCN(Cc4ccncc4)CC3)CC2)cc1. The summed E-state index contributed by atoms with van der Waals surface area (Å²) >= 11 is 0. The standard InChI is InChI=1S/C27H36N4O3/c1-20(2)34-25-5-3-22(4-6-25)26(32)29-24-11-17-31(18-12-24)27(33)23-9-15-30(16-10-23)19-21-7-13-28-14-8-21/h3-8,13-14,20,23-24H,9-12,15-19H2,1-2H3,(H,29,32). The zero-order valence-electron chi connectivity index (χ0n) is 20.3. The van der Waals surface area contributed by atoms with Gasteiger partial charge in [-0.25, -0.2) is 0 Å². The first-order valence-corrected chi connectivity index (χ1v) is 12.5. The summed E-state index contributed by atoms with van der Waals surface area (Å²) in [4.78, 5) is 34.2.